The minimum absolute atomic E-state index is 0.108. The van der Waals surface area contributed by atoms with Crippen LogP contribution in [0.15, 0.2) is 18.2 Å². The van der Waals surface area contributed by atoms with Gasteiger partial charge in [-0.15, -0.1) is 0 Å². The Hall–Kier alpha value is -1.20. The Morgan fingerprint density at radius 2 is 1.59 bits per heavy atom. The lowest BCUT2D eigenvalue weighted by molar-refractivity contribution is 0.00578. The number of fused-ring (bicyclic) bond motifs is 1. The van der Waals surface area contributed by atoms with Gasteiger partial charge in [0.25, 0.3) is 0 Å². The van der Waals surface area contributed by atoms with E-state index in [1.165, 1.54) is 5.56 Å². The van der Waals surface area contributed by atoms with Crippen LogP contribution < -0.4 is 9.47 Å². The minimum atomic E-state index is -0.252. The molecule has 2 fully saturated rings. The van der Waals surface area contributed by atoms with Gasteiger partial charge in [-0.25, -0.2) is 0 Å². The first-order valence-electron chi connectivity index (χ1n) is 8.13. The fourth-order valence-corrected chi connectivity index (χ4v) is 3.25. The van der Waals surface area contributed by atoms with E-state index in [1.807, 2.05) is 6.07 Å². The van der Waals surface area contributed by atoms with Crippen LogP contribution in [0.1, 0.15) is 45.6 Å². The molecule has 118 valence electrons. The standard InChI is InChI=1S/C17H23BO4/c1-16(2)17(3,4)22-18(21-16)13-10-12(13)11-5-6-14-15(9-11)20-8-7-19-14/h5-6,9,12-13H,7-8,10H2,1-4H3. The van der Waals surface area contributed by atoms with E-state index >= 15 is 0 Å². The molecule has 0 N–H and O–H groups in total. The molecular formula is C17H23BO4. The summed E-state index contributed by atoms with van der Waals surface area (Å²) < 4.78 is 23.6. The summed E-state index contributed by atoms with van der Waals surface area (Å²) in [5.74, 6) is 2.64. The molecule has 0 radical (unpaired) electrons. The molecule has 2 aliphatic heterocycles. The van der Waals surface area contributed by atoms with Crippen molar-refractivity contribution in [3.05, 3.63) is 23.8 Å². The van der Waals surface area contributed by atoms with E-state index in [0.29, 0.717) is 24.9 Å². The molecule has 1 saturated carbocycles. The smallest absolute Gasteiger partial charge is 0.461 e. The van der Waals surface area contributed by atoms with Crippen LogP contribution in [0.2, 0.25) is 5.82 Å². The average molecular weight is 302 g/mol. The maximum absolute atomic E-state index is 6.17. The Labute approximate surface area is 132 Å². The third-order valence-corrected chi connectivity index (χ3v) is 5.46. The molecule has 0 amide bonds. The molecule has 0 aromatic heterocycles. The summed E-state index contributed by atoms with van der Waals surface area (Å²) in [6.45, 7) is 9.68. The van der Waals surface area contributed by atoms with Crippen molar-refractivity contribution >= 4 is 7.12 Å². The van der Waals surface area contributed by atoms with Crippen molar-refractivity contribution in [2.45, 2.75) is 57.1 Å². The van der Waals surface area contributed by atoms with E-state index in [2.05, 4.69) is 39.8 Å². The quantitative estimate of drug-likeness (QED) is 0.785. The topological polar surface area (TPSA) is 36.9 Å². The Morgan fingerprint density at radius 1 is 0.955 bits per heavy atom. The summed E-state index contributed by atoms with van der Waals surface area (Å²) in [7, 11) is -0.108. The van der Waals surface area contributed by atoms with E-state index in [4.69, 9.17) is 18.8 Å². The van der Waals surface area contributed by atoms with Crippen LogP contribution in [0, 0.1) is 0 Å². The molecule has 3 aliphatic rings. The molecular weight excluding hydrogens is 279 g/mol. The Bertz CT molecular complexity index is 582. The normalized spacial score (nSPS) is 31.2. The maximum Gasteiger partial charge on any atom is 0.461 e. The van der Waals surface area contributed by atoms with E-state index in [0.717, 1.165) is 17.9 Å². The van der Waals surface area contributed by atoms with Crippen molar-refractivity contribution in [1.82, 2.24) is 0 Å². The molecule has 5 heteroatoms. The summed E-state index contributed by atoms with van der Waals surface area (Å²) in [5, 5.41) is 0. The number of hydrogen-bond donors (Lipinski definition) is 0. The summed E-state index contributed by atoms with van der Waals surface area (Å²) in [4.78, 5) is 0. The lowest BCUT2D eigenvalue weighted by Crippen LogP contribution is -2.41. The van der Waals surface area contributed by atoms with E-state index in [1.54, 1.807) is 0 Å². The second-order valence-electron chi connectivity index (χ2n) is 7.53. The number of ether oxygens (including phenoxy) is 2. The summed E-state index contributed by atoms with van der Waals surface area (Å²) in [5.41, 5.74) is 0.791. The first-order chi connectivity index (χ1) is 10.4. The van der Waals surface area contributed by atoms with Crippen LogP contribution in [0.5, 0.6) is 11.5 Å². The molecule has 2 atom stereocenters. The van der Waals surface area contributed by atoms with E-state index < -0.39 is 0 Å². The number of benzene rings is 1. The highest BCUT2D eigenvalue weighted by Crippen LogP contribution is 2.59. The lowest BCUT2D eigenvalue weighted by Gasteiger charge is -2.32. The molecule has 2 heterocycles. The fourth-order valence-electron chi connectivity index (χ4n) is 3.25. The zero-order valence-corrected chi connectivity index (χ0v) is 13.7. The van der Waals surface area contributed by atoms with Crippen molar-refractivity contribution < 1.29 is 18.8 Å². The number of rotatable bonds is 2. The third-order valence-electron chi connectivity index (χ3n) is 5.46. The first-order valence-corrected chi connectivity index (χ1v) is 8.13. The first kappa shape index (κ1) is 14.4. The highest BCUT2D eigenvalue weighted by atomic mass is 16.7. The molecule has 1 aliphatic carbocycles. The molecule has 4 rings (SSSR count). The zero-order valence-electron chi connectivity index (χ0n) is 13.7. The monoisotopic (exact) mass is 302 g/mol. The fraction of sp³-hybridized carbons (Fsp3) is 0.647. The van der Waals surface area contributed by atoms with Crippen molar-refractivity contribution in [3.8, 4) is 11.5 Å². The molecule has 1 aromatic carbocycles. The zero-order chi connectivity index (χ0) is 15.5. The summed E-state index contributed by atoms with van der Waals surface area (Å²) >= 11 is 0. The van der Waals surface area contributed by atoms with E-state index in [-0.39, 0.29) is 18.3 Å². The van der Waals surface area contributed by atoms with Gasteiger partial charge in [-0.1, -0.05) is 6.07 Å². The van der Waals surface area contributed by atoms with E-state index in [9.17, 15) is 0 Å². The van der Waals surface area contributed by atoms with Gasteiger partial charge in [0.15, 0.2) is 11.5 Å². The van der Waals surface area contributed by atoms with Crippen molar-refractivity contribution in [1.29, 1.82) is 0 Å². The second-order valence-corrected chi connectivity index (χ2v) is 7.53. The average Bonchev–Trinajstić information content (AvgIpc) is 3.22. The Balaban J connectivity index is 1.49. The largest absolute Gasteiger partial charge is 0.486 e. The highest BCUT2D eigenvalue weighted by Gasteiger charge is 2.59. The van der Waals surface area contributed by atoms with Gasteiger partial charge < -0.3 is 18.8 Å². The summed E-state index contributed by atoms with van der Waals surface area (Å²) in [6.07, 6.45) is 1.11. The van der Waals surface area contributed by atoms with Gasteiger partial charge in [-0.2, -0.15) is 0 Å². The van der Waals surface area contributed by atoms with Gasteiger partial charge in [0.2, 0.25) is 0 Å². The molecule has 1 aromatic rings. The van der Waals surface area contributed by atoms with Gasteiger partial charge in [0.1, 0.15) is 13.2 Å². The number of hydrogen-bond acceptors (Lipinski definition) is 4. The van der Waals surface area contributed by atoms with Crippen LogP contribution in [-0.2, 0) is 9.31 Å². The Morgan fingerprint density at radius 3 is 2.27 bits per heavy atom. The molecule has 2 unspecified atom stereocenters. The Kier molecular flexibility index (Phi) is 3.04. The van der Waals surface area contributed by atoms with Crippen LogP contribution in [0.4, 0.5) is 0 Å². The van der Waals surface area contributed by atoms with Gasteiger partial charge in [-0.3, -0.25) is 0 Å². The van der Waals surface area contributed by atoms with Crippen LogP contribution in [0.25, 0.3) is 0 Å². The van der Waals surface area contributed by atoms with Gasteiger partial charge in [0.05, 0.1) is 11.2 Å². The summed E-state index contributed by atoms with van der Waals surface area (Å²) in [6, 6.07) is 6.28. The molecule has 0 spiro atoms. The van der Waals surface area contributed by atoms with Crippen molar-refractivity contribution in [3.63, 3.8) is 0 Å². The van der Waals surface area contributed by atoms with Crippen LogP contribution in [0.3, 0.4) is 0 Å². The van der Waals surface area contributed by atoms with Gasteiger partial charge >= 0.3 is 7.12 Å². The molecule has 0 bridgehead atoms. The predicted molar refractivity (Wildman–Crippen MR) is 84.6 cm³/mol. The molecule has 22 heavy (non-hydrogen) atoms. The predicted octanol–water partition coefficient (Wildman–Crippen LogP) is 3.41. The lowest BCUT2D eigenvalue weighted by atomic mass is 9.79. The SMILES string of the molecule is CC1(C)OB(C2CC2c2ccc3c(c2)OCCO3)OC1(C)C. The van der Waals surface area contributed by atoms with Crippen LogP contribution in [-0.4, -0.2) is 31.5 Å². The van der Waals surface area contributed by atoms with Gasteiger partial charge in [-0.05, 0) is 57.7 Å². The second kappa shape index (κ2) is 4.65. The maximum atomic E-state index is 6.17. The van der Waals surface area contributed by atoms with Gasteiger partial charge in [0, 0.05) is 5.82 Å². The molecule has 4 nitrogen and oxygen atoms in total. The van der Waals surface area contributed by atoms with Crippen molar-refractivity contribution in [2.24, 2.45) is 0 Å². The molecule has 1 saturated heterocycles. The highest BCUT2D eigenvalue weighted by molar-refractivity contribution is 6.49. The minimum Gasteiger partial charge on any atom is -0.486 e. The third kappa shape index (κ3) is 2.22. The van der Waals surface area contributed by atoms with Crippen molar-refractivity contribution in [2.75, 3.05) is 13.2 Å². The van der Waals surface area contributed by atoms with Crippen LogP contribution >= 0.6 is 0 Å².